The molecule has 7 heteroatoms. The molecule has 0 radical (unpaired) electrons. The van der Waals surface area contributed by atoms with E-state index in [-0.39, 0.29) is 29.8 Å². The average Bonchev–Trinajstić information content (AvgIpc) is 3.11. The van der Waals surface area contributed by atoms with Crippen LogP contribution in [0.25, 0.3) is 5.69 Å². The van der Waals surface area contributed by atoms with Gasteiger partial charge in [-0.1, -0.05) is 19.4 Å². The molecule has 1 aliphatic carbocycles. The van der Waals surface area contributed by atoms with Gasteiger partial charge in [-0.05, 0) is 42.4 Å². The molecule has 2 N–H and O–H groups in total. The highest BCUT2D eigenvalue weighted by molar-refractivity contribution is 14.0. The molecule has 0 amide bonds. The standard InChI is InChI=1S/C19H26FN5.HI/c1-3-19(7-4-8-19)13-24-18(21-2)23-12-15-5-6-17(16(20)11-15)25-10-9-22-14-25;/h5-6,9-11,14H,3-4,7-8,12-13H2,1-2H3,(H2,21,23,24);1H. The first-order chi connectivity index (χ1) is 12.2. The molecule has 0 atom stereocenters. The number of hydrogen-bond acceptors (Lipinski definition) is 2. The van der Waals surface area contributed by atoms with Crippen LogP contribution in [0, 0.1) is 11.2 Å². The van der Waals surface area contributed by atoms with Crippen molar-refractivity contribution in [3.63, 3.8) is 0 Å². The van der Waals surface area contributed by atoms with Crippen LogP contribution in [0.2, 0.25) is 0 Å². The fourth-order valence-electron chi connectivity index (χ4n) is 3.28. The van der Waals surface area contributed by atoms with Crippen LogP contribution in [0.15, 0.2) is 41.9 Å². The number of aromatic nitrogens is 2. The summed E-state index contributed by atoms with van der Waals surface area (Å²) in [7, 11) is 1.76. The zero-order valence-electron chi connectivity index (χ0n) is 15.3. The van der Waals surface area contributed by atoms with Crippen LogP contribution in [0.5, 0.6) is 0 Å². The second-order valence-corrected chi connectivity index (χ2v) is 6.74. The molecule has 1 aromatic heterocycles. The molecule has 2 aromatic rings. The highest BCUT2D eigenvalue weighted by Crippen LogP contribution is 2.42. The van der Waals surface area contributed by atoms with E-state index in [9.17, 15) is 4.39 Å². The summed E-state index contributed by atoms with van der Waals surface area (Å²) in [5.74, 6) is 0.499. The maximum atomic E-state index is 14.3. The lowest BCUT2D eigenvalue weighted by molar-refractivity contribution is 0.131. The van der Waals surface area contributed by atoms with Crippen LogP contribution in [0.1, 0.15) is 38.2 Å². The summed E-state index contributed by atoms with van der Waals surface area (Å²) in [4.78, 5) is 8.22. The van der Waals surface area contributed by atoms with E-state index in [2.05, 4.69) is 27.5 Å². The Kier molecular flexibility index (Phi) is 7.43. The minimum absolute atomic E-state index is 0. The fourth-order valence-corrected chi connectivity index (χ4v) is 3.28. The SMILES string of the molecule is CCC1(CNC(=NC)NCc2ccc(-n3ccnc3)c(F)c2)CCC1.I. The van der Waals surface area contributed by atoms with Gasteiger partial charge in [-0.25, -0.2) is 9.37 Å². The maximum absolute atomic E-state index is 14.3. The number of nitrogens with zero attached hydrogens (tertiary/aromatic N) is 3. The van der Waals surface area contributed by atoms with Gasteiger partial charge in [-0.15, -0.1) is 24.0 Å². The zero-order chi connectivity index (χ0) is 17.7. The quantitative estimate of drug-likeness (QED) is 0.382. The van der Waals surface area contributed by atoms with Crippen molar-refractivity contribution >= 4 is 29.9 Å². The number of benzene rings is 1. The molecule has 26 heavy (non-hydrogen) atoms. The molecule has 0 spiro atoms. The summed E-state index contributed by atoms with van der Waals surface area (Å²) in [6.45, 7) is 3.72. The number of nitrogens with one attached hydrogen (secondary N) is 2. The Morgan fingerprint density at radius 3 is 2.69 bits per heavy atom. The van der Waals surface area contributed by atoms with Gasteiger partial charge in [0.25, 0.3) is 0 Å². The van der Waals surface area contributed by atoms with Crippen molar-refractivity contribution in [3.05, 3.63) is 48.3 Å². The van der Waals surface area contributed by atoms with Crippen LogP contribution in [0.4, 0.5) is 4.39 Å². The normalized spacial score (nSPS) is 15.7. The van der Waals surface area contributed by atoms with Crippen molar-refractivity contribution in [2.24, 2.45) is 10.4 Å². The summed E-state index contributed by atoms with van der Waals surface area (Å²) in [5.41, 5.74) is 1.80. The monoisotopic (exact) mass is 471 g/mol. The largest absolute Gasteiger partial charge is 0.356 e. The highest BCUT2D eigenvalue weighted by atomic mass is 127. The van der Waals surface area contributed by atoms with E-state index in [1.54, 1.807) is 42.5 Å². The minimum Gasteiger partial charge on any atom is -0.356 e. The third-order valence-corrected chi connectivity index (χ3v) is 5.27. The molecule has 1 heterocycles. The predicted molar refractivity (Wildman–Crippen MR) is 114 cm³/mol. The Labute approximate surface area is 171 Å². The summed E-state index contributed by atoms with van der Waals surface area (Å²) < 4.78 is 16.0. The molecular weight excluding hydrogens is 444 g/mol. The molecule has 0 unspecified atom stereocenters. The van der Waals surface area contributed by atoms with Crippen molar-refractivity contribution in [2.75, 3.05) is 13.6 Å². The molecule has 1 aromatic carbocycles. The third-order valence-electron chi connectivity index (χ3n) is 5.27. The second-order valence-electron chi connectivity index (χ2n) is 6.74. The van der Waals surface area contributed by atoms with E-state index < -0.39 is 0 Å². The summed E-state index contributed by atoms with van der Waals surface area (Å²) in [5, 5.41) is 6.68. The number of halogens is 2. The number of hydrogen-bond donors (Lipinski definition) is 2. The highest BCUT2D eigenvalue weighted by Gasteiger charge is 2.34. The van der Waals surface area contributed by atoms with E-state index in [1.165, 1.54) is 25.7 Å². The first kappa shape index (κ1) is 20.7. The summed E-state index contributed by atoms with van der Waals surface area (Å²) in [6, 6.07) is 5.23. The molecule has 0 saturated heterocycles. The third kappa shape index (κ3) is 4.75. The van der Waals surface area contributed by atoms with Gasteiger partial charge in [-0.2, -0.15) is 0 Å². The topological polar surface area (TPSA) is 54.2 Å². The lowest BCUT2D eigenvalue weighted by atomic mass is 9.67. The molecule has 0 bridgehead atoms. The van der Waals surface area contributed by atoms with Gasteiger partial charge in [0.2, 0.25) is 0 Å². The Bertz CT molecular complexity index is 720. The smallest absolute Gasteiger partial charge is 0.191 e. The number of aliphatic imine (C=N–C) groups is 1. The Morgan fingerprint density at radius 1 is 1.35 bits per heavy atom. The second kappa shape index (κ2) is 9.34. The van der Waals surface area contributed by atoms with Gasteiger partial charge in [-0.3, -0.25) is 4.99 Å². The van der Waals surface area contributed by atoms with Crippen molar-refractivity contribution in [1.29, 1.82) is 0 Å². The molecule has 1 aliphatic rings. The van der Waals surface area contributed by atoms with Crippen LogP contribution < -0.4 is 10.6 Å². The summed E-state index contributed by atoms with van der Waals surface area (Å²) in [6.07, 6.45) is 10.0. The van der Waals surface area contributed by atoms with Crippen molar-refractivity contribution in [2.45, 2.75) is 39.2 Å². The van der Waals surface area contributed by atoms with Crippen LogP contribution in [-0.4, -0.2) is 29.1 Å². The lowest BCUT2D eigenvalue weighted by Gasteiger charge is -2.41. The van der Waals surface area contributed by atoms with E-state index in [0.717, 1.165) is 18.1 Å². The van der Waals surface area contributed by atoms with Gasteiger partial charge < -0.3 is 15.2 Å². The molecule has 5 nitrogen and oxygen atoms in total. The number of imidazole rings is 1. The molecular formula is C19H27FIN5. The van der Waals surface area contributed by atoms with E-state index >= 15 is 0 Å². The zero-order valence-corrected chi connectivity index (χ0v) is 17.7. The van der Waals surface area contributed by atoms with Gasteiger partial charge in [0, 0.05) is 32.5 Å². The van der Waals surface area contributed by atoms with Crippen molar-refractivity contribution in [3.8, 4) is 5.69 Å². The van der Waals surface area contributed by atoms with Gasteiger partial charge in [0.15, 0.2) is 5.96 Å². The van der Waals surface area contributed by atoms with E-state index in [1.807, 2.05) is 6.07 Å². The molecule has 3 rings (SSSR count). The van der Waals surface area contributed by atoms with Crippen molar-refractivity contribution < 1.29 is 4.39 Å². The van der Waals surface area contributed by atoms with E-state index in [4.69, 9.17) is 0 Å². The Balaban J connectivity index is 0.00000243. The van der Waals surface area contributed by atoms with Gasteiger partial charge in [0.1, 0.15) is 5.82 Å². The number of guanidine groups is 1. The van der Waals surface area contributed by atoms with Crippen LogP contribution >= 0.6 is 24.0 Å². The first-order valence-electron chi connectivity index (χ1n) is 8.87. The Morgan fingerprint density at radius 2 is 2.15 bits per heavy atom. The predicted octanol–water partition coefficient (Wildman–Crippen LogP) is 3.87. The van der Waals surface area contributed by atoms with Crippen LogP contribution in [-0.2, 0) is 6.54 Å². The summed E-state index contributed by atoms with van der Waals surface area (Å²) >= 11 is 0. The average molecular weight is 471 g/mol. The molecule has 1 saturated carbocycles. The molecule has 1 fully saturated rings. The van der Waals surface area contributed by atoms with E-state index in [0.29, 0.717) is 17.6 Å². The molecule has 142 valence electrons. The number of rotatable bonds is 6. The maximum Gasteiger partial charge on any atom is 0.191 e. The molecule has 0 aliphatic heterocycles. The Hall–Kier alpha value is -1.64. The van der Waals surface area contributed by atoms with Gasteiger partial charge in [0.05, 0.1) is 12.0 Å². The minimum atomic E-state index is -0.264. The van der Waals surface area contributed by atoms with Crippen molar-refractivity contribution in [1.82, 2.24) is 20.2 Å². The first-order valence-corrected chi connectivity index (χ1v) is 8.87. The van der Waals surface area contributed by atoms with Crippen LogP contribution in [0.3, 0.4) is 0 Å². The fraction of sp³-hybridized carbons (Fsp3) is 0.474. The van der Waals surface area contributed by atoms with Gasteiger partial charge >= 0.3 is 0 Å². The lowest BCUT2D eigenvalue weighted by Crippen LogP contribution is -2.46.